The van der Waals surface area contributed by atoms with E-state index in [1.807, 2.05) is 13.8 Å². The highest BCUT2D eigenvalue weighted by molar-refractivity contribution is 5.94. The first-order valence-corrected chi connectivity index (χ1v) is 6.06. The third-order valence-corrected chi connectivity index (χ3v) is 2.65. The highest BCUT2D eigenvalue weighted by Crippen LogP contribution is 2.09. The molecule has 0 aliphatic carbocycles. The molecule has 104 valence electrons. The Bertz CT molecular complexity index is 446. The molecule has 0 spiro atoms. The van der Waals surface area contributed by atoms with Crippen molar-refractivity contribution in [2.24, 2.45) is 0 Å². The van der Waals surface area contributed by atoms with Gasteiger partial charge in [0.2, 0.25) is 5.95 Å². The molecular formula is C13H17FN2O3. The number of pyridine rings is 1. The summed E-state index contributed by atoms with van der Waals surface area (Å²) >= 11 is 0. The molecule has 0 bridgehead atoms. The van der Waals surface area contributed by atoms with Crippen LogP contribution >= 0.6 is 0 Å². The Hall–Kier alpha value is -1.98. The Kier molecular flexibility index (Phi) is 5.41. The fourth-order valence-corrected chi connectivity index (χ4v) is 1.66. The van der Waals surface area contributed by atoms with Crippen LogP contribution in [0.5, 0.6) is 0 Å². The van der Waals surface area contributed by atoms with Gasteiger partial charge in [-0.15, -0.1) is 0 Å². The van der Waals surface area contributed by atoms with E-state index in [1.165, 1.54) is 12.3 Å². The zero-order valence-electron chi connectivity index (χ0n) is 11.0. The molecule has 0 aliphatic heterocycles. The van der Waals surface area contributed by atoms with E-state index >= 15 is 0 Å². The van der Waals surface area contributed by atoms with E-state index in [2.05, 4.69) is 4.98 Å². The molecule has 1 N–H and O–H groups in total. The van der Waals surface area contributed by atoms with Gasteiger partial charge in [0.1, 0.15) is 0 Å². The molecule has 6 heteroatoms. The van der Waals surface area contributed by atoms with E-state index in [4.69, 9.17) is 5.11 Å². The molecule has 0 fully saturated rings. The molecule has 0 saturated carbocycles. The Morgan fingerprint density at radius 1 is 1.42 bits per heavy atom. The number of aromatic nitrogens is 1. The molecule has 0 radical (unpaired) electrons. The lowest BCUT2D eigenvalue weighted by molar-refractivity contribution is -0.137. The van der Waals surface area contributed by atoms with Crippen LogP contribution in [-0.2, 0) is 4.79 Å². The first kappa shape index (κ1) is 15.1. The van der Waals surface area contributed by atoms with Crippen LogP contribution in [0.2, 0.25) is 0 Å². The zero-order chi connectivity index (χ0) is 14.4. The van der Waals surface area contributed by atoms with E-state index in [1.54, 1.807) is 4.90 Å². The molecule has 1 amide bonds. The fraction of sp³-hybridized carbons (Fsp3) is 0.462. The van der Waals surface area contributed by atoms with E-state index in [0.29, 0.717) is 18.5 Å². The van der Waals surface area contributed by atoms with Gasteiger partial charge in [-0.3, -0.25) is 9.59 Å². The van der Waals surface area contributed by atoms with Gasteiger partial charge in [0.15, 0.2) is 0 Å². The van der Waals surface area contributed by atoms with Crippen LogP contribution in [-0.4, -0.2) is 39.5 Å². The number of hydrogen-bond acceptors (Lipinski definition) is 3. The predicted molar refractivity (Wildman–Crippen MR) is 67.2 cm³/mol. The predicted octanol–water partition coefficient (Wildman–Crippen LogP) is 1.94. The van der Waals surface area contributed by atoms with Crippen molar-refractivity contribution in [1.29, 1.82) is 0 Å². The van der Waals surface area contributed by atoms with Gasteiger partial charge in [0.05, 0.1) is 5.56 Å². The van der Waals surface area contributed by atoms with Crippen LogP contribution in [0.3, 0.4) is 0 Å². The van der Waals surface area contributed by atoms with Crippen molar-refractivity contribution in [2.45, 2.75) is 32.7 Å². The molecule has 1 aromatic heterocycles. The third-order valence-electron chi connectivity index (χ3n) is 2.65. The highest BCUT2D eigenvalue weighted by Gasteiger charge is 2.19. The van der Waals surface area contributed by atoms with Crippen molar-refractivity contribution in [3.05, 3.63) is 29.8 Å². The molecule has 5 nitrogen and oxygen atoms in total. The molecule has 0 aliphatic rings. The standard InChI is InChI=1S/C13H17FN2O3/c1-9(2)16(7-3-4-12(17)18)13(19)10-5-6-11(14)15-8-10/h5-6,8-9H,3-4,7H2,1-2H3,(H,17,18). The number of nitrogens with zero attached hydrogens (tertiary/aromatic N) is 2. The second-order valence-electron chi connectivity index (χ2n) is 4.46. The van der Waals surface area contributed by atoms with E-state index in [0.717, 1.165) is 6.07 Å². The summed E-state index contributed by atoms with van der Waals surface area (Å²) in [6, 6.07) is 2.44. The zero-order valence-corrected chi connectivity index (χ0v) is 11.0. The van der Waals surface area contributed by atoms with Gasteiger partial charge < -0.3 is 10.0 Å². The molecule has 1 heterocycles. The second-order valence-corrected chi connectivity index (χ2v) is 4.46. The van der Waals surface area contributed by atoms with Crippen molar-refractivity contribution in [3.63, 3.8) is 0 Å². The SMILES string of the molecule is CC(C)N(CCCC(=O)O)C(=O)c1ccc(F)nc1. The molecule has 0 aromatic carbocycles. The summed E-state index contributed by atoms with van der Waals surface area (Å²) in [6.07, 6.45) is 1.58. The molecule has 0 atom stereocenters. The first-order chi connectivity index (χ1) is 8.91. The number of rotatable bonds is 6. The second kappa shape index (κ2) is 6.82. The van der Waals surface area contributed by atoms with Crippen molar-refractivity contribution in [3.8, 4) is 0 Å². The van der Waals surface area contributed by atoms with Crippen LogP contribution in [0.4, 0.5) is 4.39 Å². The van der Waals surface area contributed by atoms with Crippen LogP contribution in [0.25, 0.3) is 0 Å². The summed E-state index contributed by atoms with van der Waals surface area (Å²) in [4.78, 5) is 27.7. The van der Waals surface area contributed by atoms with E-state index in [9.17, 15) is 14.0 Å². The smallest absolute Gasteiger partial charge is 0.303 e. The number of carboxylic acid groups (broad SMARTS) is 1. The minimum absolute atomic E-state index is 0.0121. The van der Waals surface area contributed by atoms with Crippen LogP contribution < -0.4 is 0 Å². The maximum Gasteiger partial charge on any atom is 0.303 e. The van der Waals surface area contributed by atoms with E-state index in [-0.39, 0.29) is 18.4 Å². The largest absolute Gasteiger partial charge is 0.481 e. The lowest BCUT2D eigenvalue weighted by Crippen LogP contribution is -2.38. The topological polar surface area (TPSA) is 70.5 Å². The highest BCUT2D eigenvalue weighted by atomic mass is 19.1. The molecule has 1 rings (SSSR count). The Morgan fingerprint density at radius 2 is 2.11 bits per heavy atom. The Morgan fingerprint density at radius 3 is 2.58 bits per heavy atom. The number of carbonyl (C=O) groups excluding carboxylic acids is 1. The van der Waals surface area contributed by atoms with Gasteiger partial charge in [0.25, 0.3) is 5.91 Å². The Labute approximate surface area is 111 Å². The van der Waals surface area contributed by atoms with Gasteiger partial charge in [0, 0.05) is 25.2 Å². The third kappa shape index (κ3) is 4.65. The van der Waals surface area contributed by atoms with Crippen LogP contribution in [0, 0.1) is 5.95 Å². The quantitative estimate of drug-likeness (QED) is 0.800. The lowest BCUT2D eigenvalue weighted by Gasteiger charge is -2.26. The summed E-state index contributed by atoms with van der Waals surface area (Å²) in [5.41, 5.74) is 0.297. The maximum absolute atomic E-state index is 12.7. The lowest BCUT2D eigenvalue weighted by atomic mass is 10.2. The molecule has 1 aromatic rings. The maximum atomic E-state index is 12.7. The molecule has 0 unspecified atom stereocenters. The molecular weight excluding hydrogens is 251 g/mol. The van der Waals surface area contributed by atoms with Crippen LogP contribution in [0.1, 0.15) is 37.0 Å². The van der Waals surface area contributed by atoms with Crippen molar-refractivity contribution in [1.82, 2.24) is 9.88 Å². The first-order valence-electron chi connectivity index (χ1n) is 6.06. The summed E-state index contributed by atoms with van der Waals surface area (Å²) in [5, 5.41) is 8.60. The summed E-state index contributed by atoms with van der Waals surface area (Å²) in [7, 11) is 0. The number of halogens is 1. The van der Waals surface area contributed by atoms with Crippen molar-refractivity contribution < 1.29 is 19.1 Å². The summed E-state index contributed by atoms with van der Waals surface area (Å²) in [5.74, 6) is -1.80. The summed E-state index contributed by atoms with van der Waals surface area (Å²) in [6.45, 7) is 4.03. The summed E-state index contributed by atoms with van der Waals surface area (Å²) < 4.78 is 12.7. The van der Waals surface area contributed by atoms with Gasteiger partial charge in [-0.1, -0.05) is 0 Å². The van der Waals surface area contributed by atoms with E-state index < -0.39 is 11.9 Å². The number of hydrogen-bond donors (Lipinski definition) is 1. The minimum atomic E-state index is -0.889. The average molecular weight is 268 g/mol. The van der Waals surface area contributed by atoms with Crippen molar-refractivity contribution in [2.75, 3.05) is 6.54 Å². The van der Waals surface area contributed by atoms with Crippen molar-refractivity contribution >= 4 is 11.9 Å². The van der Waals surface area contributed by atoms with Crippen LogP contribution in [0.15, 0.2) is 18.3 Å². The minimum Gasteiger partial charge on any atom is -0.481 e. The van der Waals surface area contributed by atoms with Gasteiger partial charge in [-0.05, 0) is 32.4 Å². The van der Waals surface area contributed by atoms with Gasteiger partial charge in [-0.25, -0.2) is 4.98 Å². The fourth-order valence-electron chi connectivity index (χ4n) is 1.66. The number of carbonyl (C=O) groups is 2. The van der Waals surface area contributed by atoms with Gasteiger partial charge in [-0.2, -0.15) is 4.39 Å². The number of amides is 1. The molecule has 0 saturated heterocycles. The van der Waals surface area contributed by atoms with Gasteiger partial charge >= 0.3 is 5.97 Å². The average Bonchev–Trinajstić information content (AvgIpc) is 2.34. The Balaban J connectivity index is 2.72. The number of aliphatic carboxylic acids is 1. The molecule has 19 heavy (non-hydrogen) atoms. The number of carboxylic acids is 1. The monoisotopic (exact) mass is 268 g/mol. The normalized spacial score (nSPS) is 10.5.